The van der Waals surface area contributed by atoms with E-state index in [1.54, 1.807) is 37.3 Å². The molecule has 6 nitrogen and oxygen atoms in total. The number of aromatic nitrogens is 6. The van der Waals surface area contributed by atoms with E-state index in [4.69, 9.17) is 1.37 Å². The molecule has 11 heteroatoms. The molecule has 0 aliphatic heterocycles. The number of hydrogen-bond acceptors (Lipinski definition) is 0. The molecule has 0 radical (unpaired) electrons. The molecular weight excluding hydrogens is 1220 g/mol. The molecule has 0 fully saturated rings. The van der Waals surface area contributed by atoms with Gasteiger partial charge in [-0.05, 0) is 203 Å². The van der Waals surface area contributed by atoms with Gasteiger partial charge in [-0.1, -0.05) is 107 Å². The first kappa shape index (κ1) is 73.7. The molecule has 0 aliphatic rings. The molecule has 0 N–H and O–H groups in total. The van der Waals surface area contributed by atoms with Crippen molar-refractivity contribution >= 4 is 0 Å². The van der Waals surface area contributed by atoms with Gasteiger partial charge in [0, 0.05) is 53.4 Å². The van der Waals surface area contributed by atoms with Gasteiger partial charge in [0.05, 0.1) is 27.8 Å². The first-order chi connectivity index (χ1) is 46.8. The fraction of sp³-hybridized carbons (Fsp3) is 0.241. The monoisotopic (exact) mass is 1320 g/mol. The molecule has 0 aliphatic carbocycles. The molecule has 0 saturated heterocycles. The first-order valence-electron chi connectivity index (χ1n) is 33.4. The van der Waals surface area contributed by atoms with Crippen molar-refractivity contribution in [1.82, 2.24) is 0 Å². The highest BCUT2D eigenvalue weighted by atomic mass is 19.1. The highest BCUT2D eigenvalue weighted by Gasteiger charge is 2.24. The summed E-state index contributed by atoms with van der Waals surface area (Å²) in [5, 5.41) is 0. The Labute approximate surface area is 581 Å². The van der Waals surface area contributed by atoms with E-state index in [1.165, 1.54) is 45.5 Å². The second kappa shape index (κ2) is 33.7. The van der Waals surface area contributed by atoms with Crippen LogP contribution in [-0.4, -0.2) is 0 Å². The van der Waals surface area contributed by atoms with Crippen molar-refractivity contribution in [2.75, 3.05) is 0 Å². The Morgan fingerprint density at radius 2 is 0.643 bits per heavy atom. The number of halogens is 5. The van der Waals surface area contributed by atoms with E-state index < -0.39 is 0 Å². The average Bonchev–Trinajstić information content (AvgIpc) is 0.832. The van der Waals surface area contributed by atoms with Gasteiger partial charge in [-0.25, -0.2) is 4.57 Å². The van der Waals surface area contributed by atoms with Crippen molar-refractivity contribution in [1.29, 1.82) is 0 Å². The highest BCUT2D eigenvalue weighted by molar-refractivity contribution is 5.66. The average molecular weight is 1320 g/mol. The predicted octanol–water partition coefficient (Wildman–Crippen LogP) is 18.4. The molecule has 12 aromatic rings. The zero-order valence-corrected chi connectivity index (χ0v) is 61.1. The van der Waals surface area contributed by atoms with Crippen molar-refractivity contribution in [3.8, 4) is 67.5 Å². The van der Waals surface area contributed by atoms with Crippen LogP contribution in [0.5, 0.6) is 0 Å². The minimum atomic E-state index is -0.183. The van der Waals surface area contributed by atoms with Crippen LogP contribution in [0, 0.1) is 133 Å². The van der Waals surface area contributed by atoms with E-state index in [0.717, 1.165) is 83.7 Å². The minimum absolute atomic E-state index is 0.137. The van der Waals surface area contributed by atoms with Crippen molar-refractivity contribution in [3.05, 3.63) is 320 Å². The van der Waals surface area contributed by atoms with Crippen LogP contribution in [0.15, 0.2) is 207 Å². The van der Waals surface area contributed by atoms with Gasteiger partial charge in [-0.3, -0.25) is 0 Å². The first-order valence-corrected chi connectivity index (χ1v) is 32.9. The highest BCUT2D eigenvalue weighted by Crippen LogP contribution is 2.29. The van der Waals surface area contributed by atoms with E-state index in [2.05, 4.69) is 49.4 Å². The predicted molar refractivity (Wildman–Crippen MR) is 389 cm³/mol. The molecule has 0 spiro atoms. The third-order valence-corrected chi connectivity index (χ3v) is 17.4. The van der Waals surface area contributed by atoms with Gasteiger partial charge < -0.3 is 0 Å². The number of rotatable bonds is 6. The molecule has 12 rings (SSSR count). The van der Waals surface area contributed by atoms with E-state index in [9.17, 15) is 22.0 Å². The second-order valence-corrected chi connectivity index (χ2v) is 25.9. The quantitative estimate of drug-likeness (QED) is 0.117. The lowest BCUT2D eigenvalue weighted by Crippen LogP contribution is -2.35. The Morgan fingerprint density at radius 1 is 0.265 bits per heavy atom. The topological polar surface area (TPSA) is 23.3 Å². The molecule has 0 saturated carbocycles. The largest absolute Gasteiger partial charge is 0.248 e. The number of aryl methyl sites for hydroxylation is 19. The smallest absolute Gasteiger partial charge is 0.201 e. The van der Waals surface area contributed by atoms with Gasteiger partial charge in [0.2, 0.25) is 34.2 Å². The van der Waals surface area contributed by atoms with Crippen LogP contribution in [0.1, 0.15) is 85.0 Å². The van der Waals surface area contributed by atoms with Crippen molar-refractivity contribution in [2.45, 2.75) is 104 Å². The van der Waals surface area contributed by atoms with Crippen LogP contribution in [-0.2, 0) is 42.3 Å². The SMILES string of the molecule is Cc1cc(F)c(-c2ccccc2C)[n+](C)c1.Cc1ccc(-c2c(F)c(C)cc[n+]2C)c(C)c1.Cc1ccc(-c2c(F)cc(C)c[n+]2C)c(C)c1.Cc1ccc(-c2c(F)ccc(C)[n+]2C)c(C)c1.Cc1ccc(-c2c(F)ccc[n+]2C)c(C)c1.[2H]c1c(C)ccc(-c2ccccc2C)[n+]1C. The van der Waals surface area contributed by atoms with Gasteiger partial charge in [-0.15, -0.1) is 0 Å². The van der Waals surface area contributed by atoms with Crippen LogP contribution in [0.25, 0.3) is 67.5 Å². The van der Waals surface area contributed by atoms with Crippen molar-refractivity contribution in [2.24, 2.45) is 42.3 Å². The minimum Gasteiger partial charge on any atom is -0.201 e. The lowest BCUT2D eigenvalue weighted by Gasteiger charge is -2.07. The lowest BCUT2D eigenvalue weighted by molar-refractivity contribution is -0.668. The molecule has 6 heterocycles. The Morgan fingerprint density at radius 3 is 1.07 bits per heavy atom. The Hall–Kier alpha value is -10.1. The number of benzene rings is 6. The van der Waals surface area contributed by atoms with E-state index in [-0.39, 0.29) is 29.1 Å². The Balaban J connectivity index is 0.000000167. The zero-order valence-electron chi connectivity index (χ0n) is 62.1. The summed E-state index contributed by atoms with van der Waals surface area (Å²) in [6.45, 7) is 29.9. The summed E-state index contributed by atoms with van der Waals surface area (Å²) in [5.74, 6) is -0.833. The summed E-state index contributed by atoms with van der Waals surface area (Å²) in [7, 11) is 11.3. The van der Waals surface area contributed by atoms with Gasteiger partial charge in [-0.2, -0.15) is 44.8 Å². The lowest BCUT2D eigenvalue weighted by atomic mass is 10.0. The molecule has 0 unspecified atom stereocenters. The maximum Gasteiger partial charge on any atom is 0.248 e. The maximum absolute atomic E-state index is 14.2. The molecule has 0 bridgehead atoms. The maximum atomic E-state index is 14.2. The summed E-state index contributed by atoms with van der Waals surface area (Å²) < 4.78 is 89.1. The second-order valence-electron chi connectivity index (χ2n) is 25.9. The third-order valence-electron chi connectivity index (χ3n) is 17.4. The van der Waals surface area contributed by atoms with E-state index in [1.807, 2.05) is 275 Å². The van der Waals surface area contributed by atoms with Crippen LogP contribution in [0.4, 0.5) is 22.0 Å². The summed E-state index contributed by atoms with van der Waals surface area (Å²) in [6, 6.07) is 56.0. The Kier molecular flexibility index (Phi) is 25.3. The zero-order chi connectivity index (χ0) is 72.9. The summed E-state index contributed by atoms with van der Waals surface area (Å²) in [6.07, 6.45) is 8.20. The van der Waals surface area contributed by atoms with Crippen LogP contribution >= 0.6 is 0 Å². The van der Waals surface area contributed by atoms with E-state index >= 15 is 0 Å². The van der Waals surface area contributed by atoms with Gasteiger partial charge in [0.1, 0.15) is 43.7 Å². The molecular formula is C87H97F5N6+6. The molecule has 98 heavy (non-hydrogen) atoms. The van der Waals surface area contributed by atoms with Crippen molar-refractivity contribution in [3.63, 3.8) is 0 Å². The fourth-order valence-corrected chi connectivity index (χ4v) is 12.2. The number of nitrogens with zero attached hydrogens (tertiary/aromatic N) is 6. The molecule has 0 atom stereocenters. The van der Waals surface area contributed by atoms with Gasteiger partial charge in [0.25, 0.3) is 0 Å². The molecule has 0 amide bonds. The normalized spacial score (nSPS) is 10.7. The van der Waals surface area contributed by atoms with Gasteiger partial charge >= 0.3 is 0 Å². The summed E-state index contributed by atoms with van der Waals surface area (Å²) in [5.41, 5.74) is 26.4. The summed E-state index contributed by atoms with van der Waals surface area (Å²) in [4.78, 5) is 0. The molecule has 504 valence electrons. The van der Waals surface area contributed by atoms with Gasteiger partial charge in [0.15, 0.2) is 65.7 Å². The summed E-state index contributed by atoms with van der Waals surface area (Å²) >= 11 is 0. The number of hydrogen-bond donors (Lipinski definition) is 0. The number of pyridine rings is 6. The van der Waals surface area contributed by atoms with E-state index in [0.29, 0.717) is 40.2 Å². The Bertz CT molecular complexity index is 4730. The van der Waals surface area contributed by atoms with Crippen LogP contribution in [0.2, 0.25) is 0 Å². The fourth-order valence-electron chi connectivity index (χ4n) is 12.2. The third kappa shape index (κ3) is 18.9. The standard InChI is InChI=1S/3C15H17FN.2C14H15FN.C14H16N/c1-10-5-7-13(11(2)9-10)15-14(16)8-6-12(3)17(15)4;1-10-5-6-13(12(3)7-10)15-14(16)8-11(2)9-17(15)4;1-10-5-6-13(12(3)9-10)15-14(16)11(2)7-8-17(15)4;1-10-6-7-12(11(2)9-10)14-13(15)5-4-8-16(14)3;1-10-8-13(15)14(16(3)9-10)12-7-5-4-6-11(12)2;1-11-8-9-14(15(3)10-11)13-7-5-4-6-12(13)2/h3*5-9H,1-4H3;2*4-9H,1-3H3;4-10H,1-3H3/q6*+1/i;;;;;10D. The van der Waals surface area contributed by atoms with Crippen LogP contribution in [0.3, 0.4) is 0 Å². The van der Waals surface area contributed by atoms with Crippen LogP contribution < -0.4 is 27.4 Å². The van der Waals surface area contributed by atoms with Crippen molar-refractivity contribution < 1.29 is 50.7 Å². The molecule has 6 aromatic heterocycles. The molecule has 6 aromatic carbocycles.